The van der Waals surface area contributed by atoms with E-state index in [0.717, 1.165) is 37.4 Å². The van der Waals surface area contributed by atoms with Crippen molar-refractivity contribution in [2.24, 2.45) is 5.92 Å². The van der Waals surface area contributed by atoms with Crippen LogP contribution < -0.4 is 0 Å². The molecule has 1 atom stereocenters. The number of nitrogens with zero attached hydrogens (tertiary/aromatic N) is 4. The van der Waals surface area contributed by atoms with Gasteiger partial charge in [-0.1, -0.05) is 25.3 Å². The lowest BCUT2D eigenvalue weighted by Crippen LogP contribution is -2.53. The Balaban J connectivity index is 1.51. The van der Waals surface area contributed by atoms with Gasteiger partial charge < -0.3 is 4.90 Å². The van der Waals surface area contributed by atoms with Crippen LogP contribution in [-0.4, -0.2) is 52.9 Å². The molecule has 134 valence electrons. The highest BCUT2D eigenvalue weighted by Crippen LogP contribution is 2.29. The number of rotatable bonds is 4. The van der Waals surface area contributed by atoms with Crippen LogP contribution in [0.4, 0.5) is 0 Å². The molecule has 5 heteroatoms. The van der Waals surface area contributed by atoms with Gasteiger partial charge in [0.2, 0.25) is 5.91 Å². The van der Waals surface area contributed by atoms with Gasteiger partial charge in [-0.3, -0.25) is 14.7 Å². The maximum atomic E-state index is 12.5. The van der Waals surface area contributed by atoms with Crippen LogP contribution in [0, 0.1) is 24.2 Å². The van der Waals surface area contributed by atoms with Gasteiger partial charge in [0.05, 0.1) is 12.5 Å². The maximum Gasteiger partial charge on any atom is 0.227 e. The molecule has 1 unspecified atom stereocenters. The quantitative estimate of drug-likeness (QED) is 0.845. The number of amides is 1. The number of pyridine rings is 1. The molecule has 1 saturated heterocycles. The minimum absolute atomic E-state index is 0.0267. The van der Waals surface area contributed by atoms with E-state index in [1.165, 1.54) is 32.1 Å². The largest absolute Gasteiger partial charge is 0.340 e. The number of aromatic nitrogens is 1. The molecule has 0 radical (unpaired) electrons. The topological polar surface area (TPSA) is 60.2 Å². The van der Waals surface area contributed by atoms with Crippen LogP contribution in [0.2, 0.25) is 0 Å². The number of nitriles is 1. The Labute approximate surface area is 150 Å². The number of carbonyl (C=O) groups is 1. The highest BCUT2D eigenvalue weighted by atomic mass is 16.2. The lowest BCUT2D eigenvalue weighted by atomic mass is 9.83. The molecule has 1 aliphatic heterocycles. The second-order valence-electron chi connectivity index (χ2n) is 7.37. The highest BCUT2D eigenvalue weighted by molar-refractivity contribution is 5.78. The van der Waals surface area contributed by atoms with Gasteiger partial charge in [0, 0.05) is 38.1 Å². The van der Waals surface area contributed by atoms with Crippen molar-refractivity contribution in [2.75, 3.05) is 26.2 Å². The lowest BCUT2D eigenvalue weighted by molar-refractivity contribution is -0.132. The van der Waals surface area contributed by atoms with Crippen LogP contribution in [0.5, 0.6) is 0 Å². The van der Waals surface area contributed by atoms with Gasteiger partial charge in [0.25, 0.3) is 0 Å². The van der Waals surface area contributed by atoms with E-state index < -0.39 is 0 Å². The number of hydrogen-bond donors (Lipinski definition) is 0. The molecule has 2 heterocycles. The van der Waals surface area contributed by atoms with E-state index in [1.54, 1.807) is 6.20 Å². The third-order valence-corrected chi connectivity index (χ3v) is 5.62. The van der Waals surface area contributed by atoms with E-state index in [-0.39, 0.29) is 11.9 Å². The normalized spacial score (nSPS) is 20.9. The molecular weight excluding hydrogens is 312 g/mol. The summed E-state index contributed by atoms with van der Waals surface area (Å²) >= 11 is 0. The van der Waals surface area contributed by atoms with Gasteiger partial charge in [-0.15, -0.1) is 0 Å². The van der Waals surface area contributed by atoms with E-state index in [1.807, 2.05) is 24.0 Å². The average Bonchev–Trinajstić information content (AvgIpc) is 2.66. The summed E-state index contributed by atoms with van der Waals surface area (Å²) in [7, 11) is 0. The van der Waals surface area contributed by atoms with E-state index in [2.05, 4.69) is 16.0 Å². The number of aryl methyl sites for hydroxylation is 1. The molecular formula is C20H28N4O. The van der Waals surface area contributed by atoms with Crippen molar-refractivity contribution in [1.82, 2.24) is 14.8 Å². The van der Waals surface area contributed by atoms with Crippen molar-refractivity contribution in [3.05, 3.63) is 29.6 Å². The molecule has 0 aromatic carbocycles. The summed E-state index contributed by atoms with van der Waals surface area (Å²) in [6.45, 7) is 5.02. The average molecular weight is 340 g/mol. The summed E-state index contributed by atoms with van der Waals surface area (Å²) in [4.78, 5) is 21.0. The van der Waals surface area contributed by atoms with E-state index in [9.17, 15) is 10.1 Å². The van der Waals surface area contributed by atoms with Crippen molar-refractivity contribution < 1.29 is 4.79 Å². The van der Waals surface area contributed by atoms with Crippen LogP contribution in [-0.2, 0) is 11.2 Å². The molecule has 1 aromatic rings. The van der Waals surface area contributed by atoms with Gasteiger partial charge in [-0.2, -0.15) is 5.26 Å². The van der Waals surface area contributed by atoms with Crippen LogP contribution in [0.25, 0.3) is 0 Å². The fourth-order valence-electron chi connectivity index (χ4n) is 4.07. The van der Waals surface area contributed by atoms with Gasteiger partial charge in [-0.05, 0) is 37.3 Å². The fraction of sp³-hybridized carbons (Fsp3) is 0.650. The fourth-order valence-corrected chi connectivity index (χ4v) is 4.07. The molecule has 0 N–H and O–H groups in total. The Morgan fingerprint density at radius 2 is 1.96 bits per heavy atom. The first-order valence-corrected chi connectivity index (χ1v) is 9.50. The predicted octanol–water partition coefficient (Wildman–Crippen LogP) is 2.55. The third-order valence-electron chi connectivity index (χ3n) is 5.62. The Bertz CT molecular complexity index is 608. The van der Waals surface area contributed by atoms with Crippen LogP contribution >= 0.6 is 0 Å². The molecule has 25 heavy (non-hydrogen) atoms. The monoisotopic (exact) mass is 340 g/mol. The van der Waals surface area contributed by atoms with Crippen molar-refractivity contribution in [1.29, 1.82) is 5.26 Å². The van der Waals surface area contributed by atoms with Crippen molar-refractivity contribution in [2.45, 2.75) is 51.5 Å². The molecule has 0 bridgehead atoms. The molecule has 1 saturated carbocycles. The molecule has 0 spiro atoms. The number of piperazine rings is 1. The molecule has 2 fully saturated rings. The molecule has 1 amide bonds. The molecule has 2 aliphatic rings. The predicted molar refractivity (Wildman–Crippen MR) is 96.8 cm³/mol. The van der Waals surface area contributed by atoms with Crippen LogP contribution in [0.15, 0.2) is 18.3 Å². The highest BCUT2D eigenvalue weighted by Gasteiger charge is 2.31. The Kier molecular flexibility index (Phi) is 6.04. The Hall–Kier alpha value is -1.93. The van der Waals surface area contributed by atoms with E-state index >= 15 is 0 Å². The maximum absolute atomic E-state index is 12.5. The smallest absolute Gasteiger partial charge is 0.227 e. The second-order valence-corrected chi connectivity index (χ2v) is 7.37. The Morgan fingerprint density at radius 3 is 2.56 bits per heavy atom. The molecule has 3 rings (SSSR count). The standard InChI is InChI=1S/C20H28N4O/c1-16-7-8-17(15-22-16)13-20(25)24-11-9-23(10-12-24)19(14-21)18-5-3-2-4-6-18/h7-8,15,18-19H,2-6,9-13H2,1H3. The first-order valence-electron chi connectivity index (χ1n) is 9.50. The summed E-state index contributed by atoms with van der Waals surface area (Å²) < 4.78 is 0. The molecule has 1 aliphatic carbocycles. The van der Waals surface area contributed by atoms with E-state index in [4.69, 9.17) is 0 Å². The molecule has 5 nitrogen and oxygen atoms in total. The van der Waals surface area contributed by atoms with Crippen LogP contribution in [0.3, 0.4) is 0 Å². The van der Waals surface area contributed by atoms with Gasteiger partial charge in [0.15, 0.2) is 0 Å². The zero-order chi connectivity index (χ0) is 17.6. The summed E-state index contributed by atoms with van der Waals surface area (Å²) in [5.74, 6) is 0.677. The van der Waals surface area contributed by atoms with Gasteiger partial charge in [-0.25, -0.2) is 0 Å². The minimum atomic E-state index is 0.0267. The van der Waals surface area contributed by atoms with E-state index in [0.29, 0.717) is 12.3 Å². The second kappa shape index (κ2) is 8.44. The van der Waals surface area contributed by atoms with Crippen molar-refractivity contribution >= 4 is 5.91 Å². The summed E-state index contributed by atoms with van der Waals surface area (Å²) in [5, 5.41) is 9.64. The van der Waals surface area contributed by atoms with Crippen molar-refractivity contribution in [3.8, 4) is 6.07 Å². The minimum Gasteiger partial charge on any atom is -0.340 e. The summed E-state index contributed by atoms with van der Waals surface area (Å²) in [6.07, 6.45) is 8.38. The summed E-state index contributed by atoms with van der Waals surface area (Å²) in [5.41, 5.74) is 1.94. The first kappa shape index (κ1) is 17.9. The van der Waals surface area contributed by atoms with Gasteiger partial charge in [0.1, 0.15) is 6.04 Å². The zero-order valence-corrected chi connectivity index (χ0v) is 15.2. The first-order chi connectivity index (χ1) is 12.2. The Morgan fingerprint density at radius 1 is 1.24 bits per heavy atom. The third kappa shape index (κ3) is 4.58. The van der Waals surface area contributed by atoms with Crippen molar-refractivity contribution in [3.63, 3.8) is 0 Å². The summed E-state index contributed by atoms with van der Waals surface area (Å²) in [6, 6.07) is 6.50. The SMILES string of the molecule is Cc1ccc(CC(=O)N2CCN(C(C#N)C3CCCCC3)CC2)cn1. The lowest BCUT2D eigenvalue weighted by Gasteiger charge is -2.40. The molecule has 1 aromatic heterocycles. The number of hydrogen-bond acceptors (Lipinski definition) is 4. The van der Waals surface area contributed by atoms with Gasteiger partial charge >= 0.3 is 0 Å². The zero-order valence-electron chi connectivity index (χ0n) is 15.2. The number of carbonyl (C=O) groups excluding carboxylic acids is 1. The van der Waals surface area contributed by atoms with Crippen LogP contribution in [0.1, 0.15) is 43.4 Å².